The van der Waals surface area contributed by atoms with Gasteiger partial charge in [-0.2, -0.15) is 0 Å². The molecule has 0 aliphatic heterocycles. The van der Waals surface area contributed by atoms with E-state index in [9.17, 15) is 8.42 Å². The number of sulfonamides is 1. The first-order chi connectivity index (χ1) is 9.81. The van der Waals surface area contributed by atoms with Crippen LogP contribution in [0, 0.1) is 0 Å². The molecular weight excluding hydrogens is 422 g/mol. The van der Waals surface area contributed by atoms with E-state index >= 15 is 0 Å². The third kappa shape index (κ3) is 3.82. The van der Waals surface area contributed by atoms with Gasteiger partial charge in [0.05, 0.1) is 17.4 Å². The molecule has 21 heavy (non-hydrogen) atoms. The average Bonchev–Trinajstić information content (AvgIpc) is 2.37. The van der Waals surface area contributed by atoms with E-state index in [2.05, 4.69) is 41.6 Å². The van der Waals surface area contributed by atoms with Gasteiger partial charge in [0.1, 0.15) is 4.90 Å². The van der Waals surface area contributed by atoms with Gasteiger partial charge in [0.2, 0.25) is 10.0 Å². The topological polar surface area (TPSA) is 85.1 Å². The standard InChI is InChI=1S/C13H13Br2N3O2S/c1-8(12-4-2-3-5-17-12)18-21(19,20)13-10(15)6-9(14)7-11(13)16/h2-8,18H,16H2,1H3. The molecule has 0 aliphatic rings. The molecule has 1 aromatic heterocycles. The summed E-state index contributed by atoms with van der Waals surface area (Å²) in [5, 5.41) is 0. The third-order valence-electron chi connectivity index (χ3n) is 2.77. The summed E-state index contributed by atoms with van der Waals surface area (Å²) < 4.78 is 28.7. The van der Waals surface area contributed by atoms with E-state index in [0.29, 0.717) is 14.6 Å². The molecule has 0 bridgehead atoms. The molecule has 8 heteroatoms. The second kappa shape index (κ2) is 6.43. The Bertz CT molecular complexity index is 728. The highest BCUT2D eigenvalue weighted by molar-refractivity contribution is 9.11. The predicted octanol–water partition coefficient (Wildman–Crippen LogP) is 3.23. The summed E-state index contributed by atoms with van der Waals surface area (Å²) in [6.45, 7) is 1.73. The largest absolute Gasteiger partial charge is 0.398 e. The number of nitrogens with one attached hydrogen (secondary N) is 1. The van der Waals surface area contributed by atoms with Crippen LogP contribution in [-0.4, -0.2) is 13.4 Å². The van der Waals surface area contributed by atoms with Crippen molar-refractivity contribution in [3.8, 4) is 0 Å². The van der Waals surface area contributed by atoms with Crippen molar-refractivity contribution in [2.75, 3.05) is 5.73 Å². The number of halogens is 2. The molecule has 0 fully saturated rings. The molecule has 3 N–H and O–H groups in total. The Labute approximate surface area is 140 Å². The summed E-state index contributed by atoms with van der Waals surface area (Å²) >= 11 is 6.50. The smallest absolute Gasteiger partial charge is 0.244 e. The lowest BCUT2D eigenvalue weighted by Gasteiger charge is -2.16. The monoisotopic (exact) mass is 433 g/mol. The molecule has 1 aromatic carbocycles. The highest BCUT2D eigenvalue weighted by atomic mass is 79.9. The van der Waals surface area contributed by atoms with Crippen LogP contribution in [0.25, 0.3) is 0 Å². The van der Waals surface area contributed by atoms with Gasteiger partial charge in [0.25, 0.3) is 0 Å². The van der Waals surface area contributed by atoms with Gasteiger partial charge >= 0.3 is 0 Å². The molecule has 2 aromatic rings. The minimum atomic E-state index is -3.77. The Morgan fingerprint density at radius 2 is 2.00 bits per heavy atom. The van der Waals surface area contributed by atoms with Crippen molar-refractivity contribution in [1.29, 1.82) is 0 Å². The summed E-state index contributed by atoms with van der Waals surface area (Å²) in [6, 6.07) is 8.05. The number of hydrogen-bond donors (Lipinski definition) is 2. The van der Waals surface area contributed by atoms with Crippen LogP contribution in [0.1, 0.15) is 18.7 Å². The zero-order valence-electron chi connectivity index (χ0n) is 11.0. The van der Waals surface area contributed by atoms with E-state index < -0.39 is 16.1 Å². The van der Waals surface area contributed by atoms with Gasteiger partial charge in [0, 0.05) is 15.1 Å². The number of benzene rings is 1. The first-order valence-corrected chi connectivity index (χ1v) is 9.06. The number of rotatable bonds is 4. The van der Waals surface area contributed by atoms with Crippen LogP contribution in [-0.2, 0) is 10.0 Å². The molecule has 0 spiro atoms. The lowest BCUT2D eigenvalue weighted by Crippen LogP contribution is -2.28. The molecule has 1 unspecified atom stereocenters. The number of aromatic nitrogens is 1. The van der Waals surface area contributed by atoms with Gasteiger partial charge in [-0.1, -0.05) is 22.0 Å². The lowest BCUT2D eigenvalue weighted by atomic mass is 10.2. The van der Waals surface area contributed by atoms with Crippen LogP contribution in [0.5, 0.6) is 0 Å². The van der Waals surface area contributed by atoms with Crippen LogP contribution in [0.4, 0.5) is 5.69 Å². The summed E-state index contributed by atoms with van der Waals surface area (Å²) in [5.74, 6) is 0. The van der Waals surface area contributed by atoms with Crippen molar-refractivity contribution in [2.24, 2.45) is 0 Å². The number of anilines is 1. The molecule has 0 aliphatic carbocycles. The van der Waals surface area contributed by atoms with E-state index in [0.717, 1.165) is 0 Å². The normalized spacial score (nSPS) is 13.1. The molecule has 1 atom stereocenters. The SMILES string of the molecule is CC(NS(=O)(=O)c1c(N)cc(Br)cc1Br)c1ccccn1. The van der Waals surface area contributed by atoms with Gasteiger partial charge in [-0.05, 0) is 47.1 Å². The van der Waals surface area contributed by atoms with Crippen molar-refractivity contribution in [1.82, 2.24) is 9.71 Å². The summed E-state index contributed by atoms with van der Waals surface area (Å²) in [6.07, 6.45) is 1.62. The van der Waals surface area contributed by atoms with Gasteiger partial charge in [-0.3, -0.25) is 4.98 Å². The number of hydrogen-bond acceptors (Lipinski definition) is 4. The molecule has 2 rings (SSSR count). The first-order valence-electron chi connectivity index (χ1n) is 5.99. The Hall–Kier alpha value is -0.960. The minimum Gasteiger partial charge on any atom is -0.398 e. The maximum atomic E-state index is 12.5. The molecule has 112 valence electrons. The fourth-order valence-corrected chi connectivity index (χ4v) is 5.13. The minimum absolute atomic E-state index is 0.0217. The zero-order chi connectivity index (χ0) is 15.6. The number of nitrogens with zero attached hydrogens (tertiary/aromatic N) is 1. The Morgan fingerprint density at radius 3 is 2.57 bits per heavy atom. The molecule has 0 saturated heterocycles. The lowest BCUT2D eigenvalue weighted by molar-refractivity contribution is 0.564. The second-order valence-corrected chi connectivity index (χ2v) is 7.82. The zero-order valence-corrected chi connectivity index (χ0v) is 15.0. The van der Waals surface area contributed by atoms with Crippen molar-refractivity contribution >= 4 is 47.6 Å². The van der Waals surface area contributed by atoms with Crippen molar-refractivity contribution in [3.63, 3.8) is 0 Å². The van der Waals surface area contributed by atoms with Gasteiger partial charge in [-0.25, -0.2) is 13.1 Å². The van der Waals surface area contributed by atoms with E-state index in [1.165, 1.54) is 0 Å². The van der Waals surface area contributed by atoms with Crippen LogP contribution in [0.2, 0.25) is 0 Å². The number of nitrogen functional groups attached to an aromatic ring is 1. The molecule has 0 saturated carbocycles. The van der Waals surface area contributed by atoms with E-state index in [4.69, 9.17) is 5.73 Å². The summed E-state index contributed by atoms with van der Waals surface area (Å²) in [7, 11) is -3.77. The van der Waals surface area contributed by atoms with E-state index in [1.54, 1.807) is 43.5 Å². The highest BCUT2D eigenvalue weighted by Gasteiger charge is 2.24. The average molecular weight is 435 g/mol. The maximum absolute atomic E-state index is 12.5. The van der Waals surface area contributed by atoms with Crippen LogP contribution >= 0.6 is 31.9 Å². The van der Waals surface area contributed by atoms with Crippen molar-refractivity contribution < 1.29 is 8.42 Å². The van der Waals surface area contributed by atoms with Crippen LogP contribution < -0.4 is 10.5 Å². The Morgan fingerprint density at radius 1 is 1.29 bits per heavy atom. The third-order valence-corrected chi connectivity index (χ3v) is 5.77. The van der Waals surface area contributed by atoms with Gasteiger partial charge in [0.15, 0.2) is 0 Å². The van der Waals surface area contributed by atoms with Crippen molar-refractivity contribution in [2.45, 2.75) is 17.9 Å². The summed E-state index contributed by atoms with van der Waals surface area (Å²) in [5.41, 5.74) is 6.62. The predicted molar refractivity (Wildman–Crippen MR) is 89.2 cm³/mol. The van der Waals surface area contributed by atoms with Gasteiger partial charge in [-0.15, -0.1) is 0 Å². The fraction of sp³-hybridized carbons (Fsp3) is 0.154. The van der Waals surface area contributed by atoms with Crippen LogP contribution in [0.3, 0.4) is 0 Å². The van der Waals surface area contributed by atoms with Gasteiger partial charge < -0.3 is 5.73 Å². The Balaban J connectivity index is 2.36. The van der Waals surface area contributed by atoms with E-state index in [1.807, 2.05) is 0 Å². The van der Waals surface area contributed by atoms with E-state index in [-0.39, 0.29) is 10.6 Å². The molecule has 5 nitrogen and oxygen atoms in total. The number of nitrogens with two attached hydrogens (primary N) is 1. The summed E-state index contributed by atoms with van der Waals surface area (Å²) in [4.78, 5) is 4.16. The first kappa shape index (κ1) is 16.4. The molecule has 0 amide bonds. The quantitative estimate of drug-likeness (QED) is 0.723. The Kier molecular flexibility index (Phi) is 5.03. The highest BCUT2D eigenvalue weighted by Crippen LogP contribution is 2.32. The number of pyridine rings is 1. The fourth-order valence-electron chi connectivity index (χ4n) is 1.85. The molecule has 0 radical (unpaired) electrons. The molecular formula is C13H13Br2N3O2S. The second-order valence-electron chi connectivity index (χ2n) is 4.40. The molecule has 1 heterocycles. The van der Waals surface area contributed by atoms with Crippen LogP contribution in [0.15, 0.2) is 50.4 Å². The maximum Gasteiger partial charge on any atom is 0.244 e. The van der Waals surface area contributed by atoms with Crippen molar-refractivity contribution in [3.05, 3.63) is 51.2 Å².